The summed E-state index contributed by atoms with van der Waals surface area (Å²) < 4.78 is 42.7. The first-order chi connectivity index (χ1) is 17.9. The van der Waals surface area contributed by atoms with Crippen LogP contribution in [-0.4, -0.2) is 62.4 Å². The number of hydrogen-bond acceptors (Lipinski definition) is 8. The minimum atomic E-state index is -3.57. The molecule has 2 heterocycles. The van der Waals surface area contributed by atoms with Crippen molar-refractivity contribution in [3.63, 3.8) is 0 Å². The molecule has 1 aliphatic rings. The number of nitrogens with zero attached hydrogens (tertiary/aromatic N) is 4. The Balaban J connectivity index is 1.33. The Hall–Kier alpha value is -3.60. The number of aromatic nitrogens is 2. The number of ether oxygens (including phenoxy) is 2. The Kier molecular flexibility index (Phi) is 7.96. The number of sulfonamides is 1. The molecule has 0 unspecified atom stereocenters. The van der Waals surface area contributed by atoms with E-state index in [4.69, 9.17) is 14.0 Å². The number of amides is 1. The van der Waals surface area contributed by atoms with Crippen molar-refractivity contribution in [2.75, 3.05) is 37.4 Å². The van der Waals surface area contributed by atoms with Gasteiger partial charge in [0, 0.05) is 31.6 Å². The lowest BCUT2D eigenvalue weighted by atomic mass is 9.87. The summed E-state index contributed by atoms with van der Waals surface area (Å²) in [7, 11) is -1.91. The molecule has 3 aromatic rings. The molecule has 0 bridgehead atoms. The van der Waals surface area contributed by atoms with E-state index in [1.165, 1.54) is 14.8 Å². The lowest BCUT2D eigenvalue weighted by Gasteiger charge is -2.25. The lowest BCUT2D eigenvalue weighted by Crippen LogP contribution is -2.32. The highest BCUT2D eigenvalue weighted by molar-refractivity contribution is 7.92. The number of carbonyl (C=O) groups excluding carboxylic acids is 1. The molecule has 10 nitrogen and oxygen atoms in total. The predicted molar refractivity (Wildman–Crippen MR) is 144 cm³/mol. The van der Waals surface area contributed by atoms with E-state index in [1.54, 1.807) is 25.2 Å². The molecule has 0 spiro atoms. The van der Waals surface area contributed by atoms with Gasteiger partial charge in [-0.1, -0.05) is 50.2 Å². The van der Waals surface area contributed by atoms with Crippen LogP contribution in [0.15, 0.2) is 47.0 Å². The summed E-state index contributed by atoms with van der Waals surface area (Å²) >= 11 is 0. The normalized spacial score (nSPS) is 13.3. The molecular weight excluding hydrogens is 508 g/mol. The van der Waals surface area contributed by atoms with E-state index in [0.717, 1.165) is 11.8 Å². The first-order valence-corrected chi connectivity index (χ1v) is 14.3. The number of benzene rings is 2. The van der Waals surface area contributed by atoms with Gasteiger partial charge in [0.15, 0.2) is 11.5 Å². The van der Waals surface area contributed by atoms with Crippen molar-refractivity contribution in [2.45, 2.75) is 45.6 Å². The summed E-state index contributed by atoms with van der Waals surface area (Å²) in [5, 5.41) is 4.05. The fourth-order valence-corrected chi connectivity index (χ4v) is 5.04. The van der Waals surface area contributed by atoms with Crippen molar-refractivity contribution in [2.24, 2.45) is 0 Å². The molecule has 0 atom stereocenters. The van der Waals surface area contributed by atoms with Gasteiger partial charge in [0.25, 0.3) is 0 Å². The van der Waals surface area contributed by atoms with Crippen molar-refractivity contribution in [1.82, 2.24) is 15.0 Å². The van der Waals surface area contributed by atoms with Gasteiger partial charge in [-0.05, 0) is 29.5 Å². The number of carbonyl (C=O) groups is 1. The van der Waals surface area contributed by atoms with Crippen molar-refractivity contribution in [3.8, 4) is 22.9 Å². The Morgan fingerprint density at radius 1 is 1.03 bits per heavy atom. The van der Waals surface area contributed by atoms with Crippen LogP contribution in [0.1, 0.15) is 45.1 Å². The van der Waals surface area contributed by atoms with Crippen LogP contribution >= 0.6 is 0 Å². The molecule has 204 valence electrons. The number of rotatable bonds is 9. The van der Waals surface area contributed by atoms with Crippen LogP contribution in [0, 0.1) is 0 Å². The predicted octanol–water partition coefficient (Wildman–Crippen LogP) is 4.01. The van der Waals surface area contributed by atoms with Gasteiger partial charge in [-0.15, -0.1) is 0 Å². The maximum atomic E-state index is 12.7. The summed E-state index contributed by atoms with van der Waals surface area (Å²) in [5.74, 6) is 1.71. The van der Waals surface area contributed by atoms with E-state index in [-0.39, 0.29) is 30.8 Å². The highest BCUT2D eigenvalue weighted by Crippen LogP contribution is 2.34. The van der Waals surface area contributed by atoms with E-state index in [2.05, 4.69) is 30.9 Å². The molecule has 1 aromatic heterocycles. The summed E-state index contributed by atoms with van der Waals surface area (Å²) in [6.45, 7) is 7.61. The number of fused-ring (bicyclic) bond motifs is 1. The van der Waals surface area contributed by atoms with Gasteiger partial charge in [-0.3, -0.25) is 9.10 Å². The molecule has 0 aliphatic carbocycles. The number of hydrogen-bond donors (Lipinski definition) is 0. The van der Waals surface area contributed by atoms with Gasteiger partial charge in [-0.2, -0.15) is 4.98 Å². The van der Waals surface area contributed by atoms with Crippen molar-refractivity contribution >= 4 is 21.6 Å². The zero-order valence-corrected chi connectivity index (χ0v) is 23.2. The maximum Gasteiger partial charge on any atom is 0.246 e. The topological polar surface area (TPSA) is 115 Å². The average Bonchev–Trinajstić information content (AvgIpc) is 3.33. The second-order valence-electron chi connectivity index (χ2n) is 10.4. The summed E-state index contributed by atoms with van der Waals surface area (Å²) in [4.78, 5) is 18.7. The van der Waals surface area contributed by atoms with Crippen LogP contribution in [0.4, 0.5) is 5.69 Å². The van der Waals surface area contributed by atoms with Gasteiger partial charge in [0.05, 0.1) is 18.5 Å². The molecule has 0 N–H and O–H groups in total. The Morgan fingerprint density at radius 3 is 2.37 bits per heavy atom. The van der Waals surface area contributed by atoms with Crippen LogP contribution in [0.25, 0.3) is 11.4 Å². The maximum absolute atomic E-state index is 12.7. The smallest absolute Gasteiger partial charge is 0.246 e. The van der Waals surface area contributed by atoms with Crippen molar-refractivity contribution in [1.29, 1.82) is 0 Å². The van der Waals surface area contributed by atoms with Gasteiger partial charge in [0.2, 0.25) is 27.6 Å². The summed E-state index contributed by atoms with van der Waals surface area (Å²) in [6, 6.07) is 13.0. The third kappa shape index (κ3) is 6.63. The van der Waals surface area contributed by atoms with E-state index in [9.17, 15) is 13.2 Å². The van der Waals surface area contributed by atoms with Crippen molar-refractivity contribution < 1.29 is 27.2 Å². The molecule has 0 fully saturated rings. The zero-order valence-electron chi connectivity index (χ0n) is 22.4. The largest absolute Gasteiger partial charge is 0.486 e. The van der Waals surface area contributed by atoms with Gasteiger partial charge in [-0.25, -0.2) is 8.42 Å². The minimum Gasteiger partial charge on any atom is -0.486 e. The van der Waals surface area contributed by atoms with Crippen LogP contribution in [0.2, 0.25) is 0 Å². The van der Waals surface area contributed by atoms with Crippen LogP contribution in [0.3, 0.4) is 0 Å². The zero-order chi connectivity index (χ0) is 27.5. The first-order valence-electron chi connectivity index (χ1n) is 12.5. The van der Waals surface area contributed by atoms with Gasteiger partial charge in [0.1, 0.15) is 13.2 Å². The monoisotopic (exact) mass is 542 g/mol. The standard InChI is InChI=1S/C27H34N4O6S/c1-27(2,3)20-10-8-19(9-11-20)26-28-24(37-29-26)18-30(4)25(32)7-6-14-31(38(5,33)34)21-12-13-22-23(17-21)36-16-15-35-22/h8-13,17H,6-7,14-16,18H2,1-5H3. The first kappa shape index (κ1) is 27.4. The third-order valence-corrected chi connectivity index (χ3v) is 7.44. The molecule has 0 saturated heterocycles. The second kappa shape index (κ2) is 11.0. The molecule has 2 aromatic carbocycles. The Bertz CT molecular complexity index is 1380. The van der Waals surface area contributed by atoms with Crippen LogP contribution in [0.5, 0.6) is 11.5 Å². The Labute approximate surface area is 223 Å². The molecule has 38 heavy (non-hydrogen) atoms. The molecule has 1 amide bonds. The fourth-order valence-electron chi connectivity index (χ4n) is 4.09. The molecule has 1 aliphatic heterocycles. The highest BCUT2D eigenvalue weighted by atomic mass is 32.2. The molecular formula is C27H34N4O6S. The van der Waals surface area contributed by atoms with E-state index < -0.39 is 10.0 Å². The molecule has 0 saturated carbocycles. The SMILES string of the molecule is CN(Cc1nc(-c2ccc(C(C)(C)C)cc2)no1)C(=O)CCCN(c1ccc2c(c1)OCCO2)S(C)(=O)=O. The summed E-state index contributed by atoms with van der Waals surface area (Å²) in [6.07, 6.45) is 1.63. The molecule has 0 radical (unpaired) electrons. The van der Waals surface area contributed by atoms with E-state index in [1.807, 2.05) is 24.3 Å². The van der Waals surface area contributed by atoms with Crippen molar-refractivity contribution in [3.05, 3.63) is 53.9 Å². The Morgan fingerprint density at radius 2 is 1.71 bits per heavy atom. The minimum absolute atomic E-state index is 0.0479. The highest BCUT2D eigenvalue weighted by Gasteiger charge is 2.22. The van der Waals surface area contributed by atoms with Gasteiger partial charge < -0.3 is 18.9 Å². The van der Waals surface area contributed by atoms with Crippen LogP contribution < -0.4 is 13.8 Å². The fraction of sp³-hybridized carbons (Fsp3) is 0.444. The second-order valence-corrected chi connectivity index (χ2v) is 12.3. The van der Waals surface area contributed by atoms with Crippen LogP contribution in [-0.2, 0) is 26.8 Å². The van der Waals surface area contributed by atoms with E-state index >= 15 is 0 Å². The molecule has 4 rings (SSSR count). The van der Waals surface area contributed by atoms with E-state index in [0.29, 0.717) is 48.5 Å². The van der Waals surface area contributed by atoms with Gasteiger partial charge >= 0.3 is 0 Å². The summed E-state index contributed by atoms with van der Waals surface area (Å²) in [5.41, 5.74) is 2.55. The average molecular weight is 543 g/mol. The molecule has 11 heteroatoms. The lowest BCUT2D eigenvalue weighted by molar-refractivity contribution is -0.130. The number of anilines is 1. The quantitative estimate of drug-likeness (QED) is 0.398. The third-order valence-electron chi connectivity index (χ3n) is 6.24.